The van der Waals surface area contributed by atoms with E-state index in [0.29, 0.717) is 0 Å². The van der Waals surface area contributed by atoms with E-state index < -0.39 is 0 Å². The fraction of sp³-hybridized carbons (Fsp3) is 0.278. The Morgan fingerprint density at radius 1 is 1.05 bits per heavy atom. The number of benzene rings is 1. The largest absolute Gasteiger partial charge is 0.466 e. The molecule has 0 aliphatic heterocycles. The Labute approximate surface area is 125 Å². The van der Waals surface area contributed by atoms with Crippen molar-refractivity contribution in [3.8, 4) is 0 Å². The van der Waals surface area contributed by atoms with Crippen molar-refractivity contribution in [1.82, 2.24) is 10.3 Å². The zero-order chi connectivity index (χ0) is 15.0. The molecule has 0 spiro atoms. The lowest BCUT2D eigenvalue weighted by Gasteiger charge is -2.16. The third-order valence-corrected chi connectivity index (χ3v) is 3.86. The molecule has 1 atom stereocenters. The molecule has 21 heavy (non-hydrogen) atoms. The fourth-order valence-corrected chi connectivity index (χ4v) is 2.86. The average molecular weight is 280 g/mol. The average Bonchev–Trinajstić information content (AvgIpc) is 2.79. The molecule has 1 N–H and O–H groups in total. The number of pyridine rings is 1. The molecular formula is C18H20N2O. The molecule has 0 aliphatic carbocycles. The van der Waals surface area contributed by atoms with Crippen LogP contribution < -0.4 is 5.32 Å². The SMILES string of the molecule is CNC(c1ccc2nc(C)ccc2c1)c1cc(C)oc1C. The summed E-state index contributed by atoms with van der Waals surface area (Å²) in [5.41, 5.74) is 4.49. The minimum absolute atomic E-state index is 0.133. The monoisotopic (exact) mass is 280 g/mol. The molecular weight excluding hydrogens is 260 g/mol. The molecule has 3 heteroatoms. The minimum Gasteiger partial charge on any atom is -0.466 e. The van der Waals surface area contributed by atoms with Gasteiger partial charge in [-0.3, -0.25) is 4.98 Å². The molecule has 108 valence electrons. The Hall–Kier alpha value is -2.13. The minimum atomic E-state index is 0.133. The van der Waals surface area contributed by atoms with Gasteiger partial charge in [-0.15, -0.1) is 0 Å². The van der Waals surface area contributed by atoms with Crippen LogP contribution in [0, 0.1) is 20.8 Å². The molecule has 0 saturated carbocycles. The first-order valence-corrected chi connectivity index (χ1v) is 7.20. The predicted molar refractivity (Wildman–Crippen MR) is 85.6 cm³/mol. The number of hydrogen-bond donors (Lipinski definition) is 1. The van der Waals surface area contributed by atoms with Crippen LogP contribution in [-0.4, -0.2) is 12.0 Å². The highest BCUT2D eigenvalue weighted by Crippen LogP contribution is 2.29. The number of furan rings is 1. The van der Waals surface area contributed by atoms with E-state index in [1.165, 1.54) is 11.1 Å². The molecule has 1 unspecified atom stereocenters. The molecule has 0 amide bonds. The summed E-state index contributed by atoms with van der Waals surface area (Å²) in [4.78, 5) is 4.56. The van der Waals surface area contributed by atoms with E-state index >= 15 is 0 Å². The third-order valence-electron chi connectivity index (χ3n) is 3.86. The van der Waals surface area contributed by atoms with Gasteiger partial charge in [0.2, 0.25) is 0 Å². The number of aryl methyl sites for hydroxylation is 3. The van der Waals surface area contributed by atoms with Crippen molar-refractivity contribution in [3.05, 3.63) is 64.7 Å². The van der Waals surface area contributed by atoms with Crippen LogP contribution in [0.3, 0.4) is 0 Å². The quantitative estimate of drug-likeness (QED) is 0.786. The Bertz CT molecular complexity index is 789. The van der Waals surface area contributed by atoms with Crippen LogP contribution in [0.2, 0.25) is 0 Å². The zero-order valence-corrected chi connectivity index (χ0v) is 12.9. The van der Waals surface area contributed by atoms with Crippen LogP contribution in [0.15, 0.2) is 40.8 Å². The van der Waals surface area contributed by atoms with Gasteiger partial charge in [-0.2, -0.15) is 0 Å². The summed E-state index contributed by atoms with van der Waals surface area (Å²) in [5.74, 6) is 1.91. The number of hydrogen-bond acceptors (Lipinski definition) is 3. The summed E-state index contributed by atoms with van der Waals surface area (Å²) >= 11 is 0. The molecule has 3 nitrogen and oxygen atoms in total. The number of fused-ring (bicyclic) bond motifs is 1. The summed E-state index contributed by atoms with van der Waals surface area (Å²) in [6, 6.07) is 12.8. The second kappa shape index (κ2) is 5.34. The van der Waals surface area contributed by atoms with Crippen LogP contribution in [0.25, 0.3) is 10.9 Å². The van der Waals surface area contributed by atoms with Gasteiger partial charge in [0.15, 0.2) is 0 Å². The van der Waals surface area contributed by atoms with Crippen molar-refractivity contribution in [2.75, 3.05) is 7.05 Å². The van der Waals surface area contributed by atoms with E-state index in [-0.39, 0.29) is 6.04 Å². The third kappa shape index (κ3) is 2.57. The molecule has 0 aliphatic rings. The van der Waals surface area contributed by atoms with E-state index in [0.717, 1.165) is 28.1 Å². The predicted octanol–water partition coefficient (Wildman–Crippen LogP) is 4.06. The van der Waals surface area contributed by atoms with Gasteiger partial charge in [0.1, 0.15) is 11.5 Å². The second-order valence-electron chi connectivity index (χ2n) is 5.50. The molecule has 1 aromatic carbocycles. The van der Waals surface area contributed by atoms with Crippen molar-refractivity contribution in [1.29, 1.82) is 0 Å². The first kappa shape index (κ1) is 13.8. The lowest BCUT2D eigenvalue weighted by Crippen LogP contribution is -2.17. The summed E-state index contributed by atoms with van der Waals surface area (Å²) in [7, 11) is 1.98. The highest BCUT2D eigenvalue weighted by atomic mass is 16.3. The van der Waals surface area contributed by atoms with Crippen molar-refractivity contribution < 1.29 is 4.42 Å². The van der Waals surface area contributed by atoms with E-state index in [9.17, 15) is 0 Å². The zero-order valence-electron chi connectivity index (χ0n) is 12.9. The molecule has 2 aromatic heterocycles. The van der Waals surface area contributed by atoms with E-state index in [1.807, 2.05) is 33.9 Å². The second-order valence-corrected chi connectivity index (χ2v) is 5.50. The number of nitrogens with one attached hydrogen (secondary N) is 1. The molecule has 0 bridgehead atoms. The Balaban J connectivity index is 2.08. The van der Waals surface area contributed by atoms with Crippen LogP contribution in [0.5, 0.6) is 0 Å². The lowest BCUT2D eigenvalue weighted by molar-refractivity contribution is 0.497. The standard InChI is InChI=1S/C18H20N2O/c1-11-5-6-14-10-15(7-8-17(14)20-11)18(19-4)16-9-12(2)21-13(16)3/h5-10,18-19H,1-4H3. The van der Waals surface area contributed by atoms with Crippen LogP contribution in [0.1, 0.15) is 34.4 Å². The first-order valence-electron chi connectivity index (χ1n) is 7.20. The normalized spacial score (nSPS) is 12.8. The van der Waals surface area contributed by atoms with Crippen LogP contribution >= 0.6 is 0 Å². The van der Waals surface area contributed by atoms with E-state index in [2.05, 4.69) is 40.6 Å². The van der Waals surface area contributed by atoms with Gasteiger partial charge in [-0.25, -0.2) is 0 Å². The highest BCUT2D eigenvalue weighted by molar-refractivity contribution is 5.79. The first-order chi connectivity index (χ1) is 10.1. The molecule has 0 fully saturated rings. The van der Waals surface area contributed by atoms with Gasteiger partial charge in [0.25, 0.3) is 0 Å². The summed E-state index contributed by atoms with van der Waals surface area (Å²) in [5, 5.41) is 4.55. The van der Waals surface area contributed by atoms with Crippen LogP contribution in [-0.2, 0) is 0 Å². The van der Waals surface area contributed by atoms with Gasteiger partial charge < -0.3 is 9.73 Å². The van der Waals surface area contributed by atoms with Gasteiger partial charge in [0, 0.05) is 16.6 Å². The molecule has 2 heterocycles. The van der Waals surface area contributed by atoms with E-state index in [1.54, 1.807) is 0 Å². The molecule has 3 aromatic rings. The van der Waals surface area contributed by atoms with Gasteiger partial charge in [0.05, 0.1) is 11.6 Å². The summed E-state index contributed by atoms with van der Waals surface area (Å²) in [6.07, 6.45) is 0. The number of rotatable bonds is 3. The van der Waals surface area contributed by atoms with Gasteiger partial charge in [-0.1, -0.05) is 12.1 Å². The maximum absolute atomic E-state index is 5.67. The van der Waals surface area contributed by atoms with Crippen LogP contribution in [0.4, 0.5) is 0 Å². The van der Waals surface area contributed by atoms with Gasteiger partial charge >= 0.3 is 0 Å². The lowest BCUT2D eigenvalue weighted by atomic mass is 9.97. The fourth-order valence-electron chi connectivity index (χ4n) is 2.86. The highest BCUT2D eigenvalue weighted by Gasteiger charge is 2.17. The number of nitrogens with zero attached hydrogens (tertiary/aromatic N) is 1. The molecule has 0 radical (unpaired) electrons. The Morgan fingerprint density at radius 3 is 2.52 bits per heavy atom. The number of aromatic nitrogens is 1. The Kier molecular flexibility index (Phi) is 3.52. The topological polar surface area (TPSA) is 38.1 Å². The van der Waals surface area contributed by atoms with E-state index in [4.69, 9.17) is 4.42 Å². The van der Waals surface area contributed by atoms with Crippen molar-refractivity contribution >= 4 is 10.9 Å². The Morgan fingerprint density at radius 2 is 1.86 bits per heavy atom. The maximum atomic E-state index is 5.67. The summed E-state index contributed by atoms with van der Waals surface area (Å²) in [6.45, 7) is 6.01. The van der Waals surface area contributed by atoms with Crippen molar-refractivity contribution in [2.45, 2.75) is 26.8 Å². The summed E-state index contributed by atoms with van der Waals surface area (Å²) < 4.78 is 5.67. The van der Waals surface area contributed by atoms with Crippen molar-refractivity contribution in [3.63, 3.8) is 0 Å². The van der Waals surface area contributed by atoms with Gasteiger partial charge in [-0.05, 0) is 57.6 Å². The smallest absolute Gasteiger partial charge is 0.106 e. The maximum Gasteiger partial charge on any atom is 0.106 e. The van der Waals surface area contributed by atoms with Crippen molar-refractivity contribution in [2.24, 2.45) is 0 Å². The molecule has 3 rings (SSSR count). The molecule has 0 saturated heterocycles.